The average molecular weight is 385 g/mol. The Labute approximate surface area is 173 Å². The second-order valence-electron chi connectivity index (χ2n) is 7.76. The van der Waals surface area contributed by atoms with Gasteiger partial charge in [-0.1, -0.05) is 91.0 Å². The molecule has 1 heterocycles. The van der Waals surface area contributed by atoms with Gasteiger partial charge >= 0.3 is 0 Å². The van der Waals surface area contributed by atoms with Crippen molar-refractivity contribution in [1.29, 1.82) is 0 Å². The molecule has 29 heavy (non-hydrogen) atoms. The molecule has 0 amide bonds. The molecule has 3 aromatic rings. The third-order valence-electron chi connectivity index (χ3n) is 5.83. The van der Waals surface area contributed by atoms with Crippen molar-refractivity contribution in [1.82, 2.24) is 4.90 Å². The number of nitrogens with zero attached hydrogens (tertiary/aromatic N) is 2. The molecule has 0 radical (unpaired) electrons. The maximum atomic E-state index is 9.97. The molecule has 1 aliphatic rings. The SMILES string of the molecule is CN1C(=N[C@H](CO)Cc2ccccc2)C[C@H](c2ccccc2)[C@H]1c1ccccc1. The minimum absolute atomic E-state index is 0.0538. The predicted molar refractivity (Wildman–Crippen MR) is 119 cm³/mol. The van der Waals surface area contributed by atoms with Gasteiger partial charge in [0.05, 0.1) is 18.7 Å². The molecule has 0 aliphatic carbocycles. The standard InChI is InChI=1S/C26H28N2O/c1-28-25(27-23(19-29)17-20-11-5-2-6-12-20)18-24(21-13-7-3-8-14-21)26(28)22-15-9-4-10-16-22/h2-16,23-24,26,29H,17-19H2,1H3/t23-,24+,26+/m0/s1. The van der Waals surface area contributed by atoms with Crippen molar-refractivity contribution < 1.29 is 5.11 Å². The molecule has 1 saturated heterocycles. The van der Waals surface area contributed by atoms with E-state index in [4.69, 9.17) is 4.99 Å². The van der Waals surface area contributed by atoms with E-state index in [0.717, 1.165) is 18.7 Å². The Kier molecular flexibility index (Phi) is 6.06. The molecule has 1 fully saturated rings. The second-order valence-corrected chi connectivity index (χ2v) is 7.76. The lowest BCUT2D eigenvalue weighted by molar-refractivity contribution is 0.264. The monoisotopic (exact) mass is 384 g/mol. The molecule has 1 aliphatic heterocycles. The van der Waals surface area contributed by atoms with Crippen molar-refractivity contribution >= 4 is 5.84 Å². The van der Waals surface area contributed by atoms with E-state index in [1.54, 1.807) is 0 Å². The maximum absolute atomic E-state index is 9.97. The van der Waals surface area contributed by atoms with Gasteiger partial charge in [-0.05, 0) is 23.1 Å². The van der Waals surface area contributed by atoms with Crippen molar-refractivity contribution in [2.45, 2.75) is 30.8 Å². The lowest BCUT2D eigenvalue weighted by Crippen LogP contribution is -2.27. The van der Waals surface area contributed by atoms with Gasteiger partial charge in [0.25, 0.3) is 0 Å². The fourth-order valence-corrected chi connectivity index (χ4v) is 4.38. The molecule has 0 unspecified atom stereocenters. The summed E-state index contributed by atoms with van der Waals surface area (Å²) in [6, 6.07) is 31.8. The Morgan fingerprint density at radius 2 is 1.41 bits per heavy atom. The number of likely N-dealkylation sites (tertiary alicyclic amines) is 1. The van der Waals surface area contributed by atoms with E-state index >= 15 is 0 Å². The summed E-state index contributed by atoms with van der Waals surface area (Å²) in [6.45, 7) is 0.0538. The van der Waals surface area contributed by atoms with Gasteiger partial charge in [-0.2, -0.15) is 0 Å². The van der Waals surface area contributed by atoms with E-state index in [0.29, 0.717) is 5.92 Å². The van der Waals surface area contributed by atoms with Crippen LogP contribution in [0.15, 0.2) is 96.0 Å². The predicted octanol–water partition coefficient (Wildman–Crippen LogP) is 4.85. The lowest BCUT2D eigenvalue weighted by Gasteiger charge is -2.27. The molecule has 148 valence electrons. The van der Waals surface area contributed by atoms with Crippen LogP contribution in [0.1, 0.15) is 35.1 Å². The van der Waals surface area contributed by atoms with Crippen LogP contribution in [0.25, 0.3) is 0 Å². The largest absolute Gasteiger partial charge is 0.394 e. The number of aliphatic hydroxyl groups is 1. The van der Waals surface area contributed by atoms with Crippen molar-refractivity contribution in [3.8, 4) is 0 Å². The van der Waals surface area contributed by atoms with Crippen LogP contribution in [0.4, 0.5) is 0 Å². The fourth-order valence-electron chi connectivity index (χ4n) is 4.38. The van der Waals surface area contributed by atoms with Gasteiger partial charge in [-0.15, -0.1) is 0 Å². The highest BCUT2D eigenvalue weighted by molar-refractivity contribution is 5.86. The van der Waals surface area contributed by atoms with Gasteiger partial charge < -0.3 is 10.0 Å². The summed E-state index contributed by atoms with van der Waals surface area (Å²) in [5, 5.41) is 9.97. The van der Waals surface area contributed by atoms with Gasteiger partial charge in [0, 0.05) is 19.4 Å². The zero-order valence-electron chi connectivity index (χ0n) is 16.9. The quantitative estimate of drug-likeness (QED) is 0.659. The molecule has 3 atom stereocenters. The number of aliphatic imine (C=N–C) groups is 1. The van der Waals surface area contributed by atoms with E-state index in [1.165, 1.54) is 16.7 Å². The molecule has 3 aromatic carbocycles. The second kappa shape index (κ2) is 9.06. The first-order chi connectivity index (χ1) is 14.3. The molecule has 0 spiro atoms. The molecule has 3 heteroatoms. The highest BCUT2D eigenvalue weighted by Gasteiger charge is 2.38. The molecular formula is C26H28N2O. The van der Waals surface area contributed by atoms with E-state index < -0.39 is 0 Å². The van der Waals surface area contributed by atoms with E-state index in [2.05, 4.69) is 84.7 Å². The third-order valence-corrected chi connectivity index (χ3v) is 5.83. The molecule has 4 rings (SSSR count). The highest BCUT2D eigenvalue weighted by Crippen LogP contribution is 2.44. The van der Waals surface area contributed by atoms with Gasteiger partial charge in [0.2, 0.25) is 0 Å². The van der Waals surface area contributed by atoms with Gasteiger partial charge in [0.15, 0.2) is 0 Å². The van der Waals surface area contributed by atoms with E-state index in [9.17, 15) is 5.11 Å². The topological polar surface area (TPSA) is 35.8 Å². The number of likely N-dealkylation sites (N-methyl/N-ethyl adjacent to an activating group) is 1. The van der Waals surface area contributed by atoms with E-state index in [-0.39, 0.29) is 18.7 Å². The normalized spacial score (nSPS) is 21.4. The zero-order chi connectivity index (χ0) is 20.1. The van der Waals surface area contributed by atoms with Crippen molar-refractivity contribution in [3.05, 3.63) is 108 Å². The summed E-state index contributed by atoms with van der Waals surface area (Å²) in [7, 11) is 2.14. The fraction of sp³-hybridized carbons (Fsp3) is 0.269. The summed E-state index contributed by atoms with van der Waals surface area (Å²) < 4.78 is 0. The van der Waals surface area contributed by atoms with Gasteiger partial charge in [-0.25, -0.2) is 0 Å². The average Bonchev–Trinajstić information content (AvgIpc) is 3.11. The molecular weight excluding hydrogens is 356 g/mol. The Morgan fingerprint density at radius 3 is 2.00 bits per heavy atom. The number of hydrogen-bond donors (Lipinski definition) is 1. The van der Waals surface area contributed by atoms with E-state index in [1.807, 2.05) is 18.2 Å². The minimum Gasteiger partial charge on any atom is -0.394 e. The van der Waals surface area contributed by atoms with Crippen LogP contribution in [0.2, 0.25) is 0 Å². The van der Waals surface area contributed by atoms with Crippen molar-refractivity contribution in [3.63, 3.8) is 0 Å². The van der Waals surface area contributed by atoms with Crippen LogP contribution in [-0.2, 0) is 6.42 Å². The molecule has 1 N–H and O–H groups in total. The van der Waals surface area contributed by atoms with Crippen LogP contribution in [0.5, 0.6) is 0 Å². The van der Waals surface area contributed by atoms with Crippen molar-refractivity contribution in [2.75, 3.05) is 13.7 Å². The van der Waals surface area contributed by atoms with Crippen LogP contribution in [-0.4, -0.2) is 35.5 Å². The van der Waals surface area contributed by atoms with Crippen LogP contribution in [0.3, 0.4) is 0 Å². The first-order valence-corrected chi connectivity index (χ1v) is 10.3. The summed E-state index contributed by atoms with van der Waals surface area (Å²) >= 11 is 0. The first-order valence-electron chi connectivity index (χ1n) is 10.3. The van der Waals surface area contributed by atoms with Crippen LogP contribution >= 0.6 is 0 Å². The Balaban J connectivity index is 1.65. The maximum Gasteiger partial charge on any atom is 0.100 e. The molecule has 0 aromatic heterocycles. The number of amidine groups is 1. The molecule has 0 saturated carbocycles. The first kappa shape index (κ1) is 19.4. The summed E-state index contributed by atoms with van der Waals surface area (Å²) in [5.41, 5.74) is 3.84. The Morgan fingerprint density at radius 1 is 0.862 bits per heavy atom. The smallest absolute Gasteiger partial charge is 0.100 e. The zero-order valence-corrected chi connectivity index (χ0v) is 16.9. The molecule has 0 bridgehead atoms. The summed E-state index contributed by atoms with van der Waals surface area (Å²) in [6.07, 6.45) is 1.63. The number of hydrogen-bond acceptors (Lipinski definition) is 2. The van der Waals surface area contributed by atoms with Gasteiger partial charge in [-0.3, -0.25) is 4.99 Å². The highest BCUT2D eigenvalue weighted by atomic mass is 16.3. The van der Waals surface area contributed by atoms with Gasteiger partial charge in [0.1, 0.15) is 5.84 Å². The Hall–Kier alpha value is -2.91. The van der Waals surface area contributed by atoms with Crippen molar-refractivity contribution in [2.24, 2.45) is 4.99 Å². The minimum atomic E-state index is -0.124. The lowest BCUT2D eigenvalue weighted by atomic mass is 9.87. The summed E-state index contributed by atoms with van der Waals surface area (Å²) in [5.74, 6) is 1.42. The number of benzene rings is 3. The molecule has 3 nitrogen and oxygen atoms in total. The number of rotatable bonds is 6. The van der Waals surface area contributed by atoms with Crippen LogP contribution < -0.4 is 0 Å². The number of aliphatic hydroxyl groups excluding tert-OH is 1. The third kappa shape index (κ3) is 4.41. The Bertz CT molecular complexity index is 925. The van der Waals surface area contributed by atoms with Crippen LogP contribution in [0, 0.1) is 0 Å². The summed E-state index contributed by atoms with van der Waals surface area (Å²) in [4.78, 5) is 7.32.